The van der Waals surface area contributed by atoms with E-state index in [4.69, 9.17) is 5.11 Å². The lowest BCUT2D eigenvalue weighted by molar-refractivity contribution is -0.137. The lowest BCUT2D eigenvalue weighted by Crippen LogP contribution is -2.44. The molecule has 22 heavy (non-hydrogen) atoms. The first kappa shape index (κ1) is 19.4. The van der Waals surface area contributed by atoms with Gasteiger partial charge < -0.3 is 26.4 Å². The molecule has 0 saturated carbocycles. The van der Waals surface area contributed by atoms with E-state index in [1.807, 2.05) is 0 Å². The summed E-state index contributed by atoms with van der Waals surface area (Å²) in [5.41, 5.74) is 0. The Hall–Kier alpha value is -2.65. The van der Waals surface area contributed by atoms with E-state index in [0.29, 0.717) is 6.42 Å². The van der Waals surface area contributed by atoms with Crippen molar-refractivity contribution in [1.82, 2.24) is 21.3 Å². The normalized spacial score (nSPS) is 9.50. The van der Waals surface area contributed by atoms with Crippen LogP contribution in [0.15, 0.2) is 0 Å². The first-order valence-electron chi connectivity index (χ1n) is 6.57. The largest absolute Gasteiger partial charge is 0.481 e. The maximum atomic E-state index is 11.3. The fourth-order valence-electron chi connectivity index (χ4n) is 1.22. The molecule has 0 aromatic rings. The second kappa shape index (κ2) is 11.1. The minimum atomic E-state index is -0.947. The van der Waals surface area contributed by atoms with Crippen molar-refractivity contribution >= 4 is 29.6 Å². The Kier molecular flexibility index (Phi) is 9.73. The summed E-state index contributed by atoms with van der Waals surface area (Å²) < 4.78 is 0. The fourth-order valence-corrected chi connectivity index (χ4v) is 1.22. The van der Waals surface area contributed by atoms with Gasteiger partial charge in [0.15, 0.2) is 0 Å². The molecule has 0 unspecified atom stereocenters. The monoisotopic (exact) mass is 316 g/mol. The zero-order chi connectivity index (χ0) is 17.0. The second-order valence-corrected chi connectivity index (χ2v) is 4.31. The van der Waals surface area contributed by atoms with Crippen LogP contribution >= 0.6 is 0 Å². The summed E-state index contributed by atoms with van der Waals surface area (Å²) in [6.45, 7) is 0.647. The first-order chi connectivity index (χ1) is 10.3. The van der Waals surface area contributed by atoms with E-state index in [-0.39, 0.29) is 38.5 Å². The van der Waals surface area contributed by atoms with Gasteiger partial charge in [-0.1, -0.05) is 0 Å². The Morgan fingerprint density at radius 3 is 1.68 bits per heavy atom. The Labute approximate surface area is 127 Å². The number of carboxylic acid groups (broad SMARTS) is 1. The Balaban J connectivity index is 3.67. The van der Waals surface area contributed by atoms with Crippen LogP contribution in [-0.2, 0) is 24.0 Å². The zero-order valence-electron chi connectivity index (χ0n) is 12.2. The molecule has 0 fully saturated rings. The molecule has 0 spiro atoms. The molecule has 0 aromatic heterocycles. The number of rotatable bonds is 10. The van der Waals surface area contributed by atoms with Crippen molar-refractivity contribution in [2.75, 3.05) is 26.2 Å². The molecular weight excluding hydrogens is 296 g/mol. The van der Waals surface area contributed by atoms with Crippen LogP contribution in [0.25, 0.3) is 0 Å². The third-order valence-corrected chi connectivity index (χ3v) is 2.28. The predicted octanol–water partition coefficient (Wildman–Crippen LogP) is -2.66. The smallest absolute Gasteiger partial charge is 0.303 e. The fraction of sp³-hybridized carbons (Fsp3) is 0.583. The topological polar surface area (TPSA) is 154 Å². The van der Waals surface area contributed by atoms with Crippen LogP contribution in [0.3, 0.4) is 0 Å². The van der Waals surface area contributed by atoms with Gasteiger partial charge in [0.1, 0.15) is 0 Å². The van der Waals surface area contributed by atoms with E-state index in [1.54, 1.807) is 0 Å². The van der Waals surface area contributed by atoms with E-state index in [0.717, 1.165) is 0 Å². The SMILES string of the molecule is CC(=O)NCC(=O)NCC(=O)NCC(=O)NCCCC(=O)O. The van der Waals surface area contributed by atoms with E-state index >= 15 is 0 Å². The summed E-state index contributed by atoms with van der Waals surface area (Å²) in [6.07, 6.45) is 0.251. The summed E-state index contributed by atoms with van der Waals surface area (Å²) in [7, 11) is 0. The summed E-state index contributed by atoms with van der Waals surface area (Å²) in [5, 5.41) is 17.7. The summed E-state index contributed by atoms with van der Waals surface area (Å²) in [5.74, 6) is -2.85. The molecule has 0 saturated heterocycles. The van der Waals surface area contributed by atoms with Crippen LogP contribution in [0.5, 0.6) is 0 Å². The van der Waals surface area contributed by atoms with Crippen LogP contribution < -0.4 is 21.3 Å². The molecule has 0 atom stereocenters. The Morgan fingerprint density at radius 2 is 1.23 bits per heavy atom. The van der Waals surface area contributed by atoms with Gasteiger partial charge in [0.2, 0.25) is 23.6 Å². The number of aliphatic carboxylic acids is 1. The molecule has 0 rings (SSSR count). The number of carbonyl (C=O) groups excluding carboxylic acids is 4. The van der Waals surface area contributed by atoms with Crippen LogP contribution in [0.2, 0.25) is 0 Å². The van der Waals surface area contributed by atoms with Gasteiger partial charge in [-0.2, -0.15) is 0 Å². The molecule has 10 heteroatoms. The van der Waals surface area contributed by atoms with Gasteiger partial charge >= 0.3 is 5.97 Å². The van der Waals surface area contributed by atoms with Crippen molar-refractivity contribution in [2.45, 2.75) is 19.8 Å². The number of hydrogen-bond acceptors (Lipinski definition) is 5. The molecule has 0 aromatic carbocycles. The Bertz CT molecular complexity index is 437. The number of carboxylic acids is 1. The third kappa shape index (κ3) is 12.4. The number of hydrogen-bond donors (Lipinski definition) is 5. The summed E-state index contributed by atoms with van der Waals surface area (Å²) in [6, 6.07) is 0. The average Bonchev–Trinajstić information content (AvgIpc) is 2.45. The van der Waals surface area contributed by atoms with Crippen molar-refractivity contribution in [3.63, 3.8) is 0 Å². The first-order valence-corrected chi connectivity index (χ1v) is 6.57. The quantitative estimate of drug-likeness (QED) is 0.277. The molecule has 0 radical (unpaired) electrons. The lowest BCUT2D eigenvalue weighted by Gasteiger charge is -2.08. The van der Waals surface area contributed by atoms with E-state index in [1.165, 1.54) is 6.92 Å². The van der Waals surface area contributed by atoms with Gasteiger partial charge in [0.05, 0.1) is 19.6 Å². The number of amides is 4. The zero-order valence-corrected chi connectivity index (χ0v) is 12.2. The van der Waals surface area contributed by atoms with Gasteiger partial charge in [-0.05, 0) is 6.42 Å². The summed E-state index contributed by atoms with van der Waals surface area (Å²) >= 11 is 0. The maximum Gasteiger partial charge on any atom is 0.303 e. The van der Waals surface area contributed by atoms with E-state index in [2.05, 4.69) is 21.3 Å². The highest BCUT2D eigenvalue weighted by Crippen LogP contribution is 1.85. The molecule has 10 nitrogen and oxygen atoms in total. The van der Waals surface area contributed by atoms with Gasteiger partial charge in [-0.15, -0.1) is 0 Å². The standard InChI is InChI=1S/C12H20N4O6/c1-8(17)14-5-10(19)16-7-11(20)15-6-9(18)13-4-2-3-12(21)22/h2-7H2,1H3,(H,13,18)(H,14,17)(H,15,20)(H,16,19)(H,21,22). The van der Waals surface area contributed by atoms with Crippen molar-refractivity contribution < 1.29 is 29.1 Å². The maximum absolute atomic E-state index is 11.3. The molecule has 5 N–H and O–H groups in total. The van der Waals surface area contributed by atoms with Gasteiger partial charge in [-0.3, -0.25) is 24.0 Å². The molecule has 0 aliphatic rings. The van der Waals surface area contributed by atoms with Crippen LogP contribution in [-0.4, -0.2) is 60.9 Å². The number of carbonyl (C=O) groups is 5. The van der Waals surface area contributed by atoms with E-state index in [9.17, 15) is 24.0 Å². The average molecular weight is 316 g/mol. The van der Waals surface area contributed by atoms with Crippen molar-refractivity contribution in [1.29, 1.82) is 0 Å². The molecule has 0 aliphatic heterocycles. The highest BCUT2D eigenvalue weighted by Gasteiger charge is 2.08. The highest BCUT2D eigenvalue weighted by atomic mass is 16.4. The third-order valence-electron chi connectivity index (χ3n) is 2.28. The highest BCUT2D eigenvalue weighted by molar-refractivity contribution is 5.89. The lowest BCUT2D eigenvalue weighted by atomic mass is 10.3. The van der Waals surface area contributed by atoms with Crippen molar-refractivity contribution in [3.8, 4) is 0 Å². The molecule has 124 valence electrons. The second-order valence-electron chi connectivity index (χ2n) is 4.31. The van der Waals surface area contributed by atoms with E-state index < -0.39 is 23.7 Å². The molecule has 0 bridgehead atoms. The van der Waals surface area contributed by atoms with Crippen LogP contribution in [0.1, 0.15) is 19.8 Å². The van der Waals surface area contributed by atoms with Gasteiger partial charge in [-0.25, -0.2) is 0 Å². The van der Waals surface area contributed by atoms with Crippen LogP contribution in [0, 0.1) is 0 Å². The molecule has 0 heterocycles. The minimum absolute atomic E-state index is 0.0486. The van der Waals surface area contributed by atoms with Gasteiger partial charge in [0.25, 0.3) is 0 Å². The summed E-state index contributed by atoms with van der Waals surface area (Å²) in [4.78, 5) is 54.6. The predicted molar refractivity (Wildman–Crippen MR) is 74.6 cm³/mol. The minimum Gasteiger partial charge on any atom is -0.481 e. The molecule has 0 aliphatic carbocycles. The molecule has 4 amide bonds. The van der Waals surface area contributed by atoms with Crippen molar-refractivity contribution in [3.05, 3.63) is 0 Å². The Morgan fingerprint density at radius 1 is 0.773 bits per heavy atom. The van der Waals surface area contributed by atoms with Crippen molar-refractivity contribution in [2.24, 2.45) is 0 Å². The number of nitrogens with one attached hydrogen (secondary N) is 4. The van der Waals surface area contributed by atoms with Crippen LogP contribution in [0.4, 0.5) is 0 Å². The van der Waals surface area contributed by atoms with Gasteiger partial charge in [0, 0.05) is 19.9 Å². The molecular formula is C12H20N4O6.